The summed E-state index contributed by atoms with van der Waals surface area (Å²) < 4.78 is 27.3. The van der Waals surface area contributed by atoms with Crippen LogP contribution in [0.25, 0.3) is 0 Å². The number of nitrogen functional groups attached to an aromatic ring is 1. The lowest BCUT2D eigenvalue weighted by atomic mass is 10.1. The van der Waals surface area contributed by atoms with Gasteiger partial charge in [-0.05, 0) is 43.2 Å². The highest BCUT2D eigenvalue weighted by Gasteiger charge is 2.19. The quantitative estimate of drug-likeness (QED) is 0.850. The molecule has 0 saturated heterocycles. The second-order valence-corrected chi connectivity index (χ2v) is 6.50. The smallest absolute Gasteiger partial charge is 0.241 e. The molecular weight excluding hydrogens is 272 g/mol. The third kappa shape index (κ3) is 3.18. The van der Waals surface area contributed by atoms with Gasteiger partial charge in [-0.1, -0.05) is 30.3 Å². The molecule has 0 heterocycles. The number of rotatable bonds is 4. The van der Waals surface area contributed by atoms with Gasteiger partial charge in [-0.3, -0.25) is 0 Å². The fourth-order valence-corrected chi connectivity index (χ4v) is 3.38. The number of hydrogen-bond acceptors (Lipinski definition) is 3. The van der Waals surface area contributed by atoms with Crippen molar-refractivity contribution in [3.05, 3.63) is 59.7 Å². The second kappa shape index (κ2) is 5.64. The lowest BCUT2D eigenvalue weighted by molar-refractivity contribution is 0.567. The highest BCUT2D eigenvalue weighted by molar-refractivity contribution is 7.89. The van der Waals surface area contributed by atoms with Gasteiger partial charge in [-0.2, -0.15) is 0 Å². The average molecular weight is 290 g/mol. The third-order valence-corrected chi connectivity index (χ3v) is 4.63. The van der Waals surface area contributed by atoms with Gasteiger partial charge in [0.25, 0.3) is 0 Å². The predicted octanol–water partition coefficient (Wildman–Crippen LogP) is 2.62. The zero-order valence-corrected chi connectivity index (χ0v) is 12.3. The van der Waals surface area contributed by atoms with Crippen molar-refractivity contribution in [2.45, 2.75) is 24.8 Å². The minimum atomic E-state index is -3.55. The normalized spacial score (nSPS) is 13.1. The van der Waals surface area contributed by atoms with E-state index in [1.165, 1.54) is 0 Å². The minimum Gasteiger partial charge on any atom is -0.398 e. The van der Waals surface area contributed by atoms with Crippen LogP contribution in [-0.4, -0.2) is 8.42 Å². The van der Waals surface area contributed by atoms with Crippen LogP contribution in [0.15, 0.2) is 53.4 Å². The van der Waals surface area contributed by atoms with Crippen LogP contribution >= 0.6 is 0 Å². The number of sulfonamides is 1. The summed E-state index contributed by atoms with van der Waals surface area (Å²) in [6.07, 6.45) is 0. The maximum absolute atomic E-state index is 12.3. The molecule has 0 aromatic heterocycles. The summed E-state index contributed by atoms with van der Waals surface area (Å²) in [5.74, 6) is 0. The molecule has 2 aromatic carbocycles. The SMILES string of the molecule is Cc1cccc(S(=O)(=O)NC(C)c2ccccc2N)c1. The predicted molar refractivity (Wildman–Crippen MR) is 80.8 cm³/mol. The van der Waals surface area contributed by atoms with Crippen molar-refractivity contribution in [3.8, 4) is 0 Å². The maximum Gasteiger partial charge on any atom is 0.241 e. The molecule has 0 saturated carbocycles. The van der Waals surface area contributed by atoms with E-state index in [2.05, 4.69) is 4.72 Å². The monoisotopic (exact) mass is 290 g/mol. The molecule has 2 rings (SSSR count). The Kier molecular flexibility index (Phi) is 4.11. The largest absolute Gasteiger partial charge is 0.398 e. The molecule has 0 bridgehead atoms. The van der Waals surface area contributed by atoms with Crippen LogP contribution < -0.4 is 10.5 Å². The molecule has 4 nitrogen and oxygen atoms in total. The minimum absolute atomic E-state index is 0.263. The highest BCUT2D eigenvalue weighted by atomic mass is 32.2. The highest BCUT2D eigenvalue weighted by Crippen LogP contribution is 2.22. The van der Waals surface area contributed by atoms with Gasteiger partial charge in [0.1, 0.15) is 0 Å². The summed E-state index contributed by atoms with van der Waals surface area (Å²) in [4.78, 5) is 0.263. The summed E-state index contributed by atoms with van der Waals surface area (Å²) >= 11 is 0. The van der Waals surface area contributed by atoms with Crippen molar-refractivity contribution in [3.63, 3.8) is 0 Å². The summed E-state index contributed by atoms with van der Waals surface area (Å²) in [6.45, 7) is 3.64. The topological polar surface area (TPSA) is 72.2 Å². The Bertz CT molecular complexity index is 711. The Labute approximate surface area is 119 Å². The van der Waals surface area contributed by atoms with Crippen molar-refractivity contribution in [2.75, 3.05) is 5.73 Å². The lowest BCUT2D eigenvalue weighted by Gasteiger charge is -2.16. The van der Waals surface area contributed by atoms with Crippen molar-refractivity contribution in [2.24, 2.45) is 0 Å². The standard InChI is InChI=1S/C15H18N2O2S/c1-11-6-5-7-13(10-11)20(18,19)17-12(2)14-8-3-4-9-15(14)16/h3-10,12,17H,16H2,1-2H3. The molecule has 106 valence electrons. The van der Waals surface area contributed by atoms with Gasteiger partial charge in [0.2, 0.25) is 10.0 Å². The number of hydrogen-bond donors (Lipinski definition) is 2. The van der Waals surface area contributed by atoms with Gasteiger partial charge in [0.05, 0.1) is 4.90 Å². The van der Waals surface area contributed by atoms with Gasteiger partial charge in [0.15, 0.2) is 0 Å². The summed E-state index contributed by atoms with van der Waals surface area (Å²) in [5.41, 5.74) is 8.11. The van der Waals surface area contributed by atoms with Crippen molar-refractivity contribution < 1.29 is 8.42 Å². The van der Waals surface area contributed by atoms with E-state index in [0.29, 0.717) is 5.69 Å². The Morgan fingerprint density at radius 1 is 1.10 bits per heavy atom. The lowest BCUT2D eigenvalue weighted by Crippen LogP contribution is -2.27. The third-order valence-electron chi connectivity index (χ3n) is 3.09. The number of para-hydroxylation sites is 1. The first-order valence-corrected chi connectivity index (χ1v) is 7.82. The summed E-state index contributed by atoms with van der Waals surface area (Å²) in [7, 11) is -3.55. The van der Waals surface area contributed by atoms with E-state index in [-0.39, 0.29) is 10.9 Å². The average Bonchev–Trinajstić information content (AvgIpc) is 2.38. The van der Waals surface area contributed by atoms with E-state index in [4.69, 9.17) is 5.73 Å². The first kappa shape index (κ1) is 14.6. The number of aryl methyl sites for hydroxylation is 1. The van der Waals surface area contributed by atoms with Crippen molar-refractivity contribution in [1.82, 2.24) is 4.72 Å². The molecule has 5 heteroatoms. The van der Waals surface area contributed by atoms with Crippen LogP contribution in [0.3, 0.4) is 0 Å². The zero-order valence-electron chi connectivity index (χ0n) is 11.5. The second-order valence-electron chi connectivity index (χ2n) is 4.79. The molecule has 0 spiro atoms. The molecule has 0 fully saturated rings. The summed E-state index contributed by atoms with van der Waals surface area (Å²) in [6, 6.07) is 13.7. The van der Waals surface area contributed by atoms with Gasteiger partial charge in [0, 0.05) is 11.7 Å². The van der Waals surface area contributed by atoms with E-state index in [9.17, 15) is 8.42 Å². The molecule has 0 aliphatic carbocycles. The van der Waals surface area contributed by atoms with Crippen LogP contribution in [-0.2, 0) is 10.0 Å². The Balaban J connectivity index is 2.27. The number of nitrogens with two attached hydrogens (primary N) is 1. The fourth-order valence-electron chi connectivity index (χ4n) is 2.05. The first-order chi connectivity index (χ1) is 9.40. The molecule has 1 unspecified atom stereocenters. The number of nitrogens with one attached hydrogen (secondary N) is 1. The zero-order chi connectivity index (χ0) is 14.8. The molecule has 0 radical (unpaired) electrons. The van der Waals surface area contributed by atoms with E-state index in [0.717, 1.165) is 11.1 Å². The molecule has 2 aromatic rings. The molecule has 1 atom stereocenters. The number of anilines is 1. The van der Waals surface area contributed by atoms with E-state index in [1.54, 1.807) is 31.2 Å². The van der Waals surface area contributed by atoms with Crippen LogP contribution in [0.4, 0.5) is 5.69 Å². The van der Waals surface area contributed by atoms with Gasteiger partial charge >= 0.3 is 0 Å². The molecule has 0 aliphatic heterocycles. The van der Waals surface area contributed by atoms with Crippen molar-refractivity contribution >= 4 is 15.7 Å². The van der Waals surface area contributed by atoms with Crippen LogP contribution in [0.5, 0.6) is 0 Å². The first-order valence-electron chi connectivity index (χ1n) is 6.33. The van der Waals surface area contributed by atoms with E-state index in [1.807, 2.05) is 31.2 Å². The van der Waals surface area contributed by atoms with Gasteiger partial charge in [-0.25, -0.2) is 13.1 Å². The molecule has 0 aliphatic rings. The maximum atomic E-state index is 12.3. The fraction of sp³-hybridized carbons (Fsp3) is 0.200. The molecular formula is C15H18N2O2S. The Morgan fingerprint density at radius 3 is 2.45 bits per heavy atom. The molecule has 20 heavy (non-hydrogen) atoms. The van der Waals surface area contributed by atoms with Crippen LogP contribution in [0.2, 0.25) is 0 Å². The van der Waals surface area contributed by atoms with E-state index < -0.39 is 10.0 Å². The van der Waals surface area contributed by atoms with Crippen LogP contribution in [0, 0.1) is 6.92 Å². The van der Waals surface area contributed by atoms with Gasteiger partial charge < -0.3 is 5.73 Å². The number of benzene rings is 2. The molecule has 0 amide bonds. The van der Waals surface area contributed by atoms with Crippen LogP contribution in [0.1, 0.15) is 24.1 Å². The van der Waals surface area contributed by atoms with Gasteiger partial charge in [-0.15, -0.1) is 0 Å². The Hall–Kier alpha value is -1.85. The van der Waals surface area contributed by atoms with E-state index >= 15 is 0 Å². The summed E-state index contributed by atoms with van der Waals surface area (Å²) in [5, 5.41) is 0. The Morgan fingerprint density at radius 2 is 1.80 bits per heavy atom. The molecule has 3 N–H and O–H groups in total. The van der Waals surface area contributed by atoms with Crippen molar-refractivity contribution in [1.29, 1.82) is 0 Å².